The van der Waals surface area contributed by atoms with E-state index in [0.29, 0.717) is 6.54 Å². The normalized spacial score (nSPS) is 13.0. The third-order valence-corrected chi connectivity index (χ3v) is 4.03. The average Bonchev–Trinajstić information content (AvgIpc) is 2.64. The molecule has 7 heteroatoms. The summed E-state index contributed by atoms with van der Waals surface area (Å²) in [5.41, 5.74) is 1.18. The van der Waals surface area contributed by atoms with Crippen molar-refractivity contribution in [3.8, 4) is 0 Å². The van der Waals surface area contributed by atoms with Gasteiger partial charge in [-0.1, -0.05) is 12.1 Å². The van der Waals surface area contributed by atoms with Gasteiger partial charge in [-0.15, -0.1) is 11.6 Å². The SMILES string of the molecule is CC(C)(Cn1c(CCl)nc2ccccc21)NS(C)(=O)=O. The molecule has 2 aromatic rings. The summed E-state index contributed by atoms with van der Waals surface area (Å²) in [6, 6.07) is 7.71. The summed E-state index contributed by atoms with van der Waals surface area (Å²) >= 11 is 5.94. The lowest BCUT2D eigenvalue weighted by Gasteiger charge is -2.26. The molecule has 20 heavy (non-hydrogen) atoms. The molecular formula is C13H18ClN3O2S. The molecule has 0 atom stereocenters. The fourth-order valence-corrected chi connectivity index (χ4v) is 3.61. The Kier molecular flexibility index (Phi) is 4.09. The van der Waals surface area contributed by atoms with Crippen LogP contribution in [-0.2, 0) is 22.4 Å². The van der Waals surface area contributed by atoms with Crippen LogP contribution in [0.25, 0.3) is 11.0 Å². The number of hydrogen-bond donors (Lipinski definition) is 1. The Morgan fingerprint density at radius 1 is 1.35 bits per heavy atom. The van der Waals surface area contributed by atoms with Crippen LogP contribution in [0.2, 0.25) is 0 Å². The maximum absolute atomic E-state index is 11.4. The maximum Gasteiger partial charge on any atom is 0.209 e. The lowest BCUT2D eigenvalue weighted by molar-refractivity contribution is 0.392. The van der Waals surface area contributed by atoms with E-state index in [-0.39, 0.29) is 5.88 Å². The fraction of sp³-hybridized carbons (Fsp3) is 0.462. The van der Waals surface area contributed by atoms with Gasteiger partial charge in [-0.2, -0.15) is 0 Å². The summed E-state index contributed by atoms with van der Waals surface area (Å²) in [4.78, 5) is 4.47. The zero-order valence-corrected chi connectivity index (χ0v) is 13.3. The van der Waals surface area contributed by atoms with Gasteiger partial charge in [0, 0.05) is 12.1 Å². The molecule has 1 heterocycles. The van der Waals surface area contributed by atoms with Crippen LogP contribution in [-0.4, -0.2) is 29.8 Å². The predicted octanol–water partition coefficient (Wildman–Crippen LogP) is 2.10. The Hall–Kier alpha value is -1.11. The van der Waals surface area contributed by atoms with Gasteiger partial charge in [0.2, 0.25) is 10.0 Å². The van der Waals surface area contributed by atoms with Crippen molar-refractivity contribution >= 4 is 32.7 Å². The molecule has 0 aliphatic rings. The summed E-state index contributed by atoms with van der Waals surface area (Å²) in [5.74, 6) is 1.01. The molecule has 0 amide bonds. The zero-order chi connectivity index (χ0) is 15.0. The van der Waals surface area contributed by atoms with Crippen LogP contribution in [0.4, 0.5) is 0 Å². The van der Waals surface area contributed by atoms with E-state index in [4.69, 9.17) is 11.6 Å². The predicted molar refractivity (Wildman–Crippen MR) is 81.3 cm³/mol. The van der Waals surface area contributed by atoms with E-state index in [2.05, 4.69) is 9.71 Å². The number of imidazole rings is 1. The van der Waals surface area contributed by atoms with E-state index in [0.717, 1.165) is 23.1 Å². The molecule has 0 aliphatic heterocycles. The highest BCUT2D eigenvalue weighted by Gasteiger charge is 2.25. The molecule has 0 aliphatic carbocycles. The lowest BCUT2D eigenvalue weighted by atomic mass is 10.1. The van der Waals surface area contributed by atoms with Gasteiger partial charge in [-0.3, -0.25) is 0 Å². The zero-order valence-electron chi connectivity index (χ0n) is 11.7. The summed E-state index contributed by atoms with van der Waals surface area (Å²) in [6.07, 6.45) is 1.16. The number of benzene rings is 1. The molecule has 0 bridgehead atoms. The first-order chi connectivity index (χ1) is 9.22. The number of fused-ring (bicyclic) bond motifs is 1. The van der Waals surface area contributed by atoms with E-state index in [9.17, 15) is 8.42 Å². The molecule has 0 radical (unpaired) electrons. The first-order valence-electron chi connectivity index (χ1n) is 6.21. The van der Waals surface area contributed by atoms with Crippen molar-refractivity contribution in [2.75, 3.05) is 6.26 Å². The van der Waals surface area contributed by atoms with Crippen LogP contribution in [0.1, 0.15) is 19.7 Å². The van der Waals surface area contributed by atoms with Gasteiger partial charge in [0.25, 0.3) is 0 Å². The molecule has 0 unspecified atom stereocenters. The Morgan fingerprint density at radius 3 is 2.60 bits per heavy atom. The molecule has 1 aromatic carbocycles. The van der Waals surface area contributed by atoms with Gasteiger partial charge in [0.15, 0.2) is 0 Å². The second-order valence-electron chi connectivity index (χ2n) is 5.49. The Balaban J connectivity index is 2.42. The van der Waals surface area contributed by atoms with Crippen LogP contribution in [0.15, 0.2) is 24.3 Å². The number of rotatable bonds is 5. The minimum Gasteiger partial charge on any atom is -0.325 e. The molecule has 0 spiro atoms. The number of hydrogen-bond acceptors (Lipinski definition) is 3. The highest BCUT2D eigenvalue weighted by atomic mass is 35.5. The minimum atomic E-state index is -3.27. The van der Waals surface area contributed by atoms with Crippen molar-refractivity contribution in [1.29, 1.82) is 0 Å². The molecule has 2 rings (SSSR count). The van der Waals surface area contributed by atoms with Crippen LogP contribution in [0.5, 0.6) is 0 Å². The Bertz CT molecular complexity index is 722. The minimum absolute atomic E-state index is 0.281. The quantitative estimate of drug-likeness (QED) is 0.859. The number of nitrogens with one attached hydrogen (secondary N) is 1. The van der Waals surface area contributed by atoms with Crippen molar-refractivity contribution in [1.82, 2.24) is 14.3 Å². The molecule has 0 fully saturated rings. The molecule has 5 nitrogen and oxygen atoms in total. The molecule has 1 aromatic heterocycles. The molecule has 110 valence electrons. The number of sulfonamides is 1. The smallest absolute Gasteiger partial charge is 0.209 e. The second kappa shape index (κ2) is 5.35. The third-order valence-electron chi connectivity index (χ3n) is 2.87. The van der Waals surface area contributed by atoms with Crippen molar-refractivity contribution in [2.24, 2.45) is 0 Å². The van der Waals surface area contributed by atoms with Crippen molar-refractivity contribution < 1.29 is 8.42 Å². The van der Waals surface area contributed by atoms with E-state index in [1.807, 2.05) is 42.7 Å². The van der Waals surface area contributed by atoms with Crippen LogP contribution < -0.4 is 4.72 Å². The third kappa shape index (κ3) is 3.50. The van der Waals surface area contributed by atoms with E-state index in [1.54, 1.807) is 0 Å². The number of nitrogens with zero attached hydrogens (tertiary/aromatic N) is 2. The highest BCUT2D eigenvalue weighted by Crippen LogP contribution is 2.20. The van der Waals surface area contributed by atoms with Crippen LogP contribution in [0, 0.1) is 0 Å². The first kappa shape index (κ1) is 15.3. The number of halogens is 1. The highest BCUT2D eigenvalue weighted by molar-refractivity contribution is 7.88. The van der Waals surface area contributed by atoms with Gasteiger partial charge in [0.1, 0.15) is 5.82 Å². The summed E-state index contributed by atoms with van der Waals surface area (Å²) < 4.78 is 27.5. The van der Waals surface area contributed by atoms with Gasteiger partial charge >= 0.3 is 0 Å². The lowest BCUT2D eigenvalue weighted by Crippen LogP contribution is -2.46. The summed E-state index contributed by atoms with van der Waals surface area (Å²) in [5, 5.41) is 0. The summed E-state index contributed by atoms with van der Waals surface area (Å²) in [6.45, 7) is 4.13. The van der Waals surface area contributed by atoms with Gasteiger partial charge in [0.05, 0.1) is 23.2 Å². The van der Waals surface area contributed by atoms with Gasteiger partial charge < -0.3 is 4.57 Å². The average molecular weight is 316 g/mol. The van der Waals surface area contributed by atoms with Gasteiger partial charge in [-0.05, 0) is 26.0 Å². The fourth-order valence-electron chi connectivity index (χ4n) is 2.33. The van der Waals surface area contributed by atoms with Crippen molar-refractivity contribution in [3.05, 3.63) is 30.1 Å². The first-order valence-corrected chi connectivity index (χ1v) is 8.63. The van der Waals surface area contributed by atoms with Gasteiger partial charge in [-0.25, -0.2) is 18.1 Å². The van der Waals surface area contributed by atoms with Crippen molar-refractivity contribution in [3.63, 3.8) is 0 Å². The second-order valence-corrected chi connectivity index (χ2v) is 7.51. The Labute approximate surface area is 124 Å². The van der Waals surface area contributed by atoms with E-state index >= 15 is 0 Å². The van der Waals surface area contributed by atoms with Crippen molar-refractivity contribution in [2.45, 2.75) is 31.8 Å². The molecule has 0 saturated heterocycles. The maximum atomic E-state index is 11.4. The largest absolute Gasteiger partial charge is 0.325 e. The molecular weight excluding hydrogens is 298 g/mol. The number of alkyl halides is 1. The monoisotopic (exact) mass is 315 g/mol. The van der Waals surface area contributed by atoms with Crippen LogP contribution >= 0.6 is 11.6 Å². The topological polar surface area (TPSA) is 64.0 Å². The summed E-state index contributed by atoms with van der Waals surface area (Å²) in [7, 11) is -3.27. The Morgan fingerprint density at radius 2 is 2.00 bits per heavy atom. The molecule has 1 N–H and O–H groups in total. The standard InChI is InChI=1S/C13H18ClN3O2S/c1-13(2,16-20(3,18)19)9-17-11-7-5-4-6-10(11)15-12(17)8-14/h4-7,16H,8-9H2,1-3H3. The van der Waals surface area contributed by atoms with Crippen LogP contribution in [0.3, 0.4) is 0 Å². The van der Waals surface area contributed by atoms with E-state index in [1.165, 1.54) is 0 Å². The number of aromatic nitrogens is 2. The molecule has 0 saturated carbocycles. The number of para-hydroxylation sites is 2. The van der Waals surface area contributed by atoms with E-state index < -0.39 is 15.6 Å².